The number of benzene rings is 4. The van der Waals surface area contributed by atoms with Crippen LogP contribution in [0.2, 0.25) is 0 Å². The Labute approximate surface area is 333 Å². The average Bonchev–Trinajstić information content (AvgIpc) is 3.65. The number of nitrogens with zero attached hydrogens (tertiary/aromatic N) is 4. The molecule has 9 nitrogen and oxygen atoms in total. The molecule has 4 aromatic carbocycles. The Morgan fingerprint density at radius 3 is 1.61 bits per heavy atom. The van der Waals surface area contributed by atoms with Crippen molar-refractivity contribution in [3.05, 3.63) is 125 Å². The fourth-order valence-electron chi connectivity index (χ4n) is 11.6. The van der Waals surface area contributed by atoms with Gasteiger partial charge in [0.05, 0.1) is 23.7 Å². The van der Waals surface area contributed by atoms with E-state index in [1.54, 1.807) is 15.9 Å². The number of imide groups is 2. The van der Waals surface area contributed by atoms with Gasteiger partial charge in [-0.05, 0) is 72.6 Å². The monoisotopic (exact) mass is 762 g/mol. The first-order valence-corrected chi connectivity index (χ1v) is 21.0. The molecule has 4 saturated heterocycles. The van der Waals surface area contributed by atoms with E-state index in [1.165, 1.54) is 11.1 Å². The third-order valence-corrected chi connectivity index (χ3v) is 14.3. The Bertz CT molecular complexity index is 2240. The Morgan fingerprint density at radius 2 is 1.04 bits per heavy atom. The molecule has 4 heterocycles. The molecule has 4 aromatic rings. The first-order chi connectivity index (χ1) is 27.9. The van der Waals surface area contributed by atoms with E-state index in [9.17, 15) is 24.3 Å². The Balaban J connectivity index is 0.943. The van der Waals surface area contributed by atoms with Gasteiger partial charge in [-0.3, -0.25) is 38.8 Å². The van der Waals surface area contributed by atoms with E-state index in [-0.39, 0.29) is 47.4 Å². The van der Waals surface area contributed by atoms with Crippen molar-refractivity contribution in [1.82, 2.24) is 19.6 Å². The van der Waals surface area contributed by atoms with Crippen LogP contribution < -0.4 is 0 Å². The maximum Gasteiger partial charge on any atom is 0.234 e. The van der Waals surface area contributed by atoms with Crippen molar-refractivity contribution >= 4 is 34.4 Å². The maximum absolute atomic E-state index is 14.9. The summed E-state index contributed by atoms with van der Waals surface area (Å²) in [5.41, 5.74) is 4.41. The smallest absolute Gasteiger partial charge is 0.234 e. The summed E-state index contributed by atoms with van der Waals surface area (Å²) in [5, 5.41) is 12.5. The summed E-state index contributed by atoms with van der Waals surface area (Å²) in [6.45, 7) is 4.92. The molecule has 0 unspecified atom stereocenters. The lowest BCUT2D eigenvalue weighted by Gasteiger charge is -2.44. The summed E-state index contributed by atoms with van der Waals surface area (Å²) < 4.78 is 0. The van der Waals surface area contributed by atoms with Crippen molar-refractivity contribution < 1.29 is 24.3 Å². The molecule has 10 rings (SSSR count). The van der Waals surface area contributed by atoms with Crippen molar-refractivity contribution in [2.24, 2.45) is 29.6 Å². The SMILES string of the molecule is O=C1[C@H]2[C@H](CC=C3[C@H]2C[C@H]2C(=O)N(C4CCN(Cc5ccccc5)CC4)C(=O)[C@H]2[C@H]3c2ccc(O)c3ccccc23)C(=O)N1C1CCN(Cc2ccccc2)CC1. The van der Waals surface area contributed by atoms with Crippen LogP contribution in [0.3, 0.4) is 0 Å². The molecule has 0 radical (unpaired) electrons. The molecular formula is C48H50N4O5. The molecule has 57 heavy (non-hydrogen) atoms. The van der Waals surface area contributed by atoms with E-state index < -0.39 is 29.6 Å². The number of amides is 4. The molecule has 9 heteroatoms. The molecule has 2 aliphatic carbocycles. The fraction of sp³-hybridized carbons (Fsp3) is 0.417. The number of rotatable bonds is 7. The van der Waals surface area contributed by atoms with Crippen LogP contribution in [0.15, 0.2) is 109 Å². The molecule has 6 aliphatic rings. The number of phenols is 1. The second-order valence-electron chi connectivity index (χ2n) is 17.3. The minimum atomic E-state index is -0.607. The normalized spacial score (nSPS) is 28.8. The zero-order valence-corrected chi connectivity index (χ0v) is 32.3. The number of phenolic OH excluding ortho intramolecular Hbond substituents is 1. The predicted octanol–water partition coefficient (Wildman–Crippen LogP) is 6.51. The molecule has 0 aromatic heterocycles. The number of carbonyl (C=O) groups is 4. The average molecular weight is 763 g/mol. The first kappa shape index (κ1) is 36.2. The summed E-state index contributed by atoms with van der Waals surface area (Å²) in [6, 6.07) is 31.8. The second kappa shape index (κ2) is 14.7. The van der Waals surface area contributed by atoms with Gasteiger partial charge in [-0.15, -0.1) is 0 Å². The fourth-order valence-corrected chi connectivity index (χ4v) is 11.6. The first-order valence-electron chi connectivity index (χ1n) is 21.0. The number of carbonyl (C=O) groups excluding carboxylic acids is 4. The van der Waals surface area contributed by atoms with Crippen LogP contribution in [-0.2, 0) is 32.3 Å². The minimum absolute atomic E-state index is 0.0757. The predicted molar refractivity (Wildman–Crippen MR) is 216 cm³/mol. The molecule has 5 fully saturated rings. The van der Waals surface area contributed by atoms with E-state index in [0.29, 0.717) is 18.2 Å². The van der Waals surface area contributed by atoms with Gasteiger partial charge in [0, 0.05) is 62.7 Å². The van der Waals surface area contributed by atoms with Crippen LogP contribution in [0.5, 0.6) is 5.75 Å². The van der Waals surface area contributed by atoms with Crippen molar-refractivity contribution in [1.29, 1.82) is 0 Å². The van der Waals surface area contributed by atoms with Gasteiger partial charge in [0.2, 0.25) is 23.6 Å². The quantitative estimate of drug-likeness (QED) is 0.169. The van der Waals surface area contributed by atoms with Crippen molar-refractivity contribution in [2.45, 2.75) is 69.6 Å². The summed E-state index contributed by atoms with van der Waals surface area (Å²) in [4.78, 5) is 66.8. The molecule has 1 saturated carbocycles. The number of piperidine rings is 2. The Hall–Kier alpha value is -5.12. The van der Waals surface area contributed by atoms with Crippen molar-refractivity contribution in [3.8, 4) is 5.75 Å². The van der Waals surface area contributed by atoms with Gasteiger partial charge in [0.15, 0.2) is 0 Å². The van der Waals surface area contributed by atoms with Crippen LogP contribution in [0.1, 0.15) is 61.1 Å². The van der Waals surface area contributed by atoms with Gasteiger partial charge in [0.25, 0.3) is 0 Å². The van der Waals surface area contributed by atoms with Crippen LogP contribution in [0.25, 0.3) is 10.8 Å². The molecule has 0 bridgehead atoms. The van der Waals surface area contributed by atoms with E-state index in [0.717, 1.165) is 81.5 Å². The summed E-state index contributed by atoms with van der Waals surface area (Å²) in [7, 11) is 0. The maximum atomic E-state index is 14.9. The zero-order chi connectivity index (χ0) is 38.8. The Morgan fingerprint density at radius 1 is 0.526 bits per heavy atom. The third kappa shape index (κ3) is 6.21. The molecule has 4 amide bonds. The van der Waals surface area contributed by atoms with Gasteiger partial charge >= 0.3 is 0 Å². The highest BCUT2D eigenvalue weighted by atomic mass is 16.3. The third-order valence-electron chi connectivity index (χ3n) is 14.3. The van der Waals surface area contributed by atoms with E-state index >= 15 is 0 Å². The molecule has 1 N–H and O–H groups in total. The lowest BCUT2D eigenvalue weighted by Crippen LogP contribution is -2.48. The minimum Gasteiger partial charge on any atom is -0.507 e. The van der Waals surface area contributed by atoms with Gasteiger partial charge in [0.1, 0.15) is 5.75 Å². The summed E-state index contributed by atoms with van der Waals surface area (Å²) in [6.07, 6.45) is 5.91. The van der Waals surface area contributed by atoms with E-state index in [2.05, 4.69) is 64.4 Å². The Kier molecular flexibility index (Phi) is 9.33. The lowest BCUT2D eigenvalue weighted by atomic mass is 9.57. The standard InChI is InChI=1S/C48H50N4O5/c53-41-18-17-36(34-13-7-8-14-35(34)41)42-37-15-16-38-43(47(56)51(45(38)54)32-19-23-49(24-20-32)28-30-9-3-1-4-10-30)39(37)27-40-44(42)48(57)52(46(40)55)33-21-25-50(26-22-33)29-31-11-5-2-6-12-31/h1-15,17-18,32-33,38-40,42-44,53H,16,19-29H2/t38-,39+,40+,42-,43-,44+/m0/s1. The van der Waals surface area contributed by atoms with E-state index in [1.807, 2.05) is 42.5 Å². The molecule has 292 valence electrons. The van der Waals surface area contributed by atoms with Gasteiger partial charge < -0.3 is 5.11 Å². The number of aromatic hydroxyl groups is 1. The summed E-state index contributed by atoms with van der Waals surface area (Å²) >= 11 is 0. The molecule has 6 atom stereocenters. The highest BCUT2D eigenvalue weighted by Gasteiger charge is 2.63. The van der Waals surface area contributed by atoms with Gasteiger partial charge in [-0.2, -0.15) is 0 Å². The molecule has 4 aliphatic heterocycles. The highest BCUT2D eigenvalue weighted by Crippen LogP contribution is 2.59. The number of allylic oxidation sites excluding steroid dienone is 2. The lowest BCUT2D eigenvalue weighted by molar-refractivity contribution is -0.146. The number of hydrogen-bond acceptors (Lipinski definition) is 7. The largest absolute Gasteiger partial charge is 0.507 e. The van der Waals surface area contributed by atoms with Crippen molar-refractivity contribution in [3.63, 3.8) is 0 Å². The second-order valence-corrected chi connectivity index (χ2v) is 17.3. The van der Waals surface area contributed by atoms with Crippen LogP contribution in [-0.4, -0.2) is 86.6 Å². The van der Waals surface area contributed by atoms with Gasteiger partial charge in [-0.1, -0.05) is 103 Å². The van der Waals surface area contributed by atoms with Crippen LogP contribution in [0.4, 0.5) is 0 Å². The summed E-state index contributed by atoms with van der Waals surface area (Å²) in [5.74, 6) is -3.24. The molecular weight excluding hydrogens is 713 g/mol. The van der Waals surface area contributed by atoms with Crippen molar-refractivity contribution in [2.75, 3.05) is 26.2 Å². The number of fused-ring (bicyclic) bond motifs is 5. The zero-order valence-electron chi connectivity index (χ0n) is 32.3. The van der Waals surface area contributed by atoms with E-state index in [4.69, 9.17) is 0 Å². The van der Waals surface area contributed by atoms with Crippen LogP contribution in [0, 0.1) is 29.6 Å². The molecule has 0 spiro atoms. The number of hydrogen-bond donors (Lipinski definition) is 1. The van der Waals surface area contributed by atoms with Crippen LogP contribution >= 0.6 is 0 Å². The topological polar surface area (TPSA) is 101 Å². The van der Waals surface area contributed by atoms with Gasteiger partial charge in [-0.25, -0.2) is 0 Å². The number of likely N-dealkylation sites (tertiary alicyclic amines) is 4. The highest BCUT2D eigenvalue weighted by molar-refractivity contribution is 6.08.